The summed E-state index contributed by atoms with van der Waals surface area (Å²) in [6, 6.07) is 10.1. The van der Waals surface area contributed by atoms with Crippen molar-refractivity contribution in [1.29, 1.82) is 0 Å². The summed E-state index contributed by atoms with van der Waals surface area (Å²) in [6.45, 7) is 3.97. The van der Waals surface area contributed by atoms with Crippen molar-refractivity contribution >= 4 is 17.3 Å². The Bertz CT molecular complexity index is 548. The number of benzene rings is 1. The zero-order valence-electron chi connectivity index (χ0n) is 10.4. The molecule has 0 radical (unpaired) electrons. The molecule has 0 aliphatic heterocycles. The minimum atomic E-state index is -0.805. The lowest BCUT2D eigenvalue weighted by atomic mass is 10.0. The molecule has 3 nitrogen and oxygen atoms in total. The van der Waals surface area contributed by atoms with Gasteiger partial charge in [-0.15, -0.1) is 11.3 Å². The number of carboxylic acids is 1. The van der Waals surface area contributed by atoms with Crippen molar-refractivity contribution in [2.24, 2.45) is 0 Å². The number of thiazole rings is 1. The SMILES string of the molecule is Cc1nc(C(C)c2ccccc2)sc1CC(=O)O. The number of carbonyl (C=O) groups is 1. The van der Waals surface area contributed by atoms with Crippen molar-refractivity contribution in [2.45, 2.75) is 26.2 Å². The molecule has 0 spiro atoms. The van der Waals surface area contributed by atoms with Gasteiger partial charge in [0.15, 0.2) is 0 Å². The lowest BCUT2D eigenvalue weighted by Crippen LogP contribution is -1.99. The van der Waals surface area contributed by atoms with E-state index in [9.17, 15) is 4.79 Å². The fourth-order valence-electron chi connectivity index (χ4n) is 1.82. The van der Waals surface area contributed by atoms with Gasteiger partial charge in [-0.1, -0.05) is 37.3 Å². The summed E-state index contributed by atoms with van der Waals surface area (Å²) in [5.41, 5.74) is 2.04. The van der Waals surface area contributed by atoms with Crippen LogP contribution in [0.4, 0.5) is 0 Å². The molecule has 94 valence electrons. The maximum absolute atomic E-state index is 10.7. The van der Waals surface area contributed by atoms with Gasteiger partial charge in [0.25, 0.3) is 0 Å². The number of nitrogens with zero attached hydrogens (tertiary/aromatic N) is 1. The number of hydrogen-bond acceptors (Lipinski definition) is 3. The van der Waals surface area contributed by atoms with Crippen LogP contribution >= 0.6 is 11.3 Å². The van der Waals surface area contributed by atoms with Crippen LogP contribution in [0.5, 0.6) is 0 Å². The molecule has 0 bridgehead atoms. The second-order valence-electron chi connectivity index (χ2n) is 4.26. The highest BCUT2D eigenvalue weighted by molar-refractivity contribution is 7.12. The van der Waals surface area contributed by atoms with Gasteiger partial charge in [-0.25, -0.2) is 4.98 Å². The van der Waals surface area contributed by atoms with E-state index in [4.69, 9.17) is 5.11 Å². The van der Waals surface area contributed by atoms with Crippen LogP contribution in [0.1, 0.15) is 34.0 Å². The highest BCUT2D eigenvalue weighted by Gasteiger charge is 2.16. The maximum atomic E-state index is 10.7. The van der Waals surface area contributed by atoms with Crippen molar-refractivity contribution in [2.75, 3.05) is 0 Å². The lowest BCUT2D eigenvalue weighted by molar-refractivity contribution is -0.136. The Kier molecular flexibility index (Phi) is 3.77. The van der Waals surface area contributed by atoms with E-state index in [2.05, 4.69) is 24.0 Å². The van der Waals surface area contributed by atoms with Crippen LogP contribution in [0.25, 0.3) is 0 Å². The van der Waals surface area contributed by atoms with E-state index < -0.39 is 5.97 Å². The Balaban J connectivity index is 2.26. The van der Waals surface area contributed by atoms with Gasteiger partial charge in [0.2, 0.25) is 0 Å². The van der Waals surface area contributed by atoms with Gasteiger partial charge in [0.1, 0.15) is 5.01 Å². The number of aliphatic carboxylic acids is 1. The lowest BCUT2D eigenvalue weighted by Gasteiger charge is -2.07. The predicted octanol–water partition coefficient (Wildman–Crippen LogP) is 3.23. The van der Waals surface area contributed by atoms with Crippen molar-refractivity contribution < 1.29 is 9.90 Å². The number of aromatic nitrogens is 1. The summed E-state index contributed by atoms with van der Waals surface area (Å²) in [6.07, 6.45) is 0.0605. The first-order chi connectivity index (χ1) is 8.58. The Morgan fingerprint density at radius 2 is 2.06 bits per heavy atom. The standard InChI is InChI=1S/C14H15NO2S/c1-9(11-6-4-3-5-7-11)14-15-10(2)12(18-14)8-13(16)17/h3-7,9H,8H2,1-2H3,(H,16,17). The highest BCUT2D eigenvalue weighted by Crippen LogP contribution is 2.29. The molecule has 2 rings (SSSR count). The Morgan fingerprint density at radius 3 is 2.67 bits per heavy atom. The van der Waals surface area contributed by atoms with Gasteiger partial charge in [-0.05, 0) is 12.5 Å². The normalized spacial score (nSPS) is 12.3. The number of carboxylic acid groups (broad SMARTS) is 1. The van der Waals surface area contributed by atoms with E-state index in [0.29, 0.717) is 0 Å². The molecular weight excluding hydrogens is 246 g/mol. The summed E-state index contributed by atoms with van der Waals surface area (Å²) < 4.78 is 0. The minimum Gasteiger partial charge on any atom is -0.481 e. The van der Waals surface area contributed by atoms with Crippen molar-refractivity contribution in [3.8, 4) is 0 Å². The van der Waals surface area contributed by atoms with Crippen LogP contribution in [0.15, 0.2) is 30.3 Å². The average molecular weight is 261 g/mol. The molecular formula is C14H15NO2S. The van der Waals surface area contributed by atoms with Gasteiger partial charge in [0.05, 0.1) is 12.1 Å². The maximum Gasteiger partial charge on any atom is 0.308 e. The quantitative estimate of drug-likeness (QED) is 0.919. The summed E-state index contributed by atoms with van der Waals surface area (Å²) in [5, 5.41) is 9.82. The molecule has 4 heteroatoms. The largest absolute Gasteiger partial charge is 0.481 e. The average Bonchev–Trinajstić information content (AvgIpc) is 2.70. The molecule has 0 saturated carbocycles. The van der Waals surface area contributed by atoms with Crippen LogP contribution in [-0.2, 0) is 11.2 Å². The van der Waals surface area contributed by atoms with Gasteiger partial charge in [-0.3, -0.25) is 4.79 Å². The molecule has 1 aromatic heterocycles. The monoisotopic (exact) mass is 261 g/mol. The fourth-order valence-corrected chi connectivity index (χ4v) is 2.96. The van der Waals surface area contributed by atoms with E-state index in [1.165, 1.54) is 16.9 Å². The topological polar surface area (TPSA) is 50.2 Å². The summed E-state index contributed by atoms with van der Waals surface area (Å²) in [4.78, 5) is 16.1. The molecule has 1 heterocycles. The fraction of sp³-hybridized carbons (Fsp3) is 0.286. The molecule has 0 saturated heterocycles. The molecule has 1 unspecified atom stereocenters. The highest BCUT2D eigenvalue weighted by atomic mass is 32.1. The summed E-state index contributed by atoms with van der Waals surface area (Å²) >= 11 is 1.50. The van der Waals surface area contributed by atoms with Gasteiger partial charge < -0.3 is 5.11 Å². The van der Waals surface area contributed by atoms with Crippen LogP contribution in [0.2, 0.25) is 0 Å². The Hall–Kier alpha value is -1.68. The third kappa shape index (κ3) is 2.76. The second kappa shape index (κ2) is 5.31. The molecule has 18 heavy (non-hydrogen) atoms. The number of rotatable bonds is 4. The third-order valence-corrected chi connectivity index (χ3v) is 4.23. The van der Waals surface area contributed by atoms with Crippen molar-refractivity contribution in [3.63, 3.8) is 0 Å². The molecule has 0 amide bonds. The molecule has 0 aliphatic carbocycles. The second-order valence-corrected chi connectivity index (χ2v) is 5.38. The first kappa shape index (κ1) is 12.8. The molecule has 1 aromatic carbocycles. The zero-order valence-corrected chi connectivity index (χ0v) is 11.2. The predicted molar refractivity (Wildman–Crippen MR) is 72.1 cm³/mol. The number of aryl methyl sites for hydroxylation is 1. The molecule has 0 aliphatic rings. The first-order valence-electron chi connectivity index (χ1n) is 5.81. The van der Waals surface area contributed by atoms with Crippen LogP contribution in [-0.4, -0.2) is 16.1 Å². The first-order valence-corrected chi connectivity index (χ1v) is 6.62. The van der Waals surface area contributed by atoms with Crippen molar-refractivity contribution in [1.82, 2.24) is 4.98 Å². The van der Waals surface area contributed by atoms with Crippen molar-refractivity contribution in [3.05, 3.63) is 51.5 Å². The van der Waals surface area contributed by atoms with Gasteiger partial charge in [-0.2, -0.15) is 0 Å². The van der Waals surface area contributed by atoms with E-state index in [1.54, 1.807) is 0 Å². The Morgan fingerprint density at radius 1 is 1.39 bits per heavy atom. The molecule has 2 aromatic rings. The van der Waals surface area contributed by atoms with E-state index in [1.807, 2.05) is 25.1 Å². The van der Waals surface area contributed by atoms with E-state index >= 15 is 0 Å². The minimum absolute atomic E-state index is 0.0605. The van der Waals surface area contributed by atoms with Crippen LogP contribution in [0, 0.1) is 6.92 Å². The van der Waals surface area contributed by atoms with Crippen LogP contribution in [0.3, 0.4) is 0 Å². The van der Waals surface area contributed by atoms with E-state index in [0.717, 1.165) is 15.6 Å². The van der Waals surface area contributed by atoms with Crippen LogP contribution < -0.4 is 0 Å². The summed E-state index contributed by atoms with van der Waals surface area (Å²) in [5.74, 6) is -0.599. The number of hydrogen-bond donors (Lipinski definition) is 1. The molecule has 1 N–H and O–H groups in total. The summed E-state index contributed by atoms with van der Waals surface area (Å²) in [7, 11) is 0. The van der Waals surface area contributed by atoms with Gasteiger partial charge in [0, 0.05) is 10.8 Å². The Labute approximate surface area is 110 Å². The van der Waals surface area contributed by atoms with E-state index in [-0.39, 0.29) is 12.3 Å². The van der Waals surface area contributed by atoms with Gasteiger partial charge >= 0.3 is 5.97 Å². The molecule has 0 fully saturated rings. The zero-order chi connectivity index (χ0) is 13.1. The molecule has 1 atom stereocenters. The third-order valence-electron chi connectivity index (χ3n) is 2.89. The smallest absolute Gasteiger partial charge is 0.308 e.